The summed E-state index contributed by atoms with van der Waals surface area (Å²) in [6.07, 6.45) is 0.703. The summed E-state index contributed by atoms with van der Waals surface area (Å²) in [6, 6.07) is 8.12. The van der Waals surface area contributed by atoms with Crippen molar-refractivity contribution in [2.24, 2.45) is 0 Å². The molecule has 0 saturated heterocycles. The van der Waals surface area contributed by atoms with E-state index in [0.29, 0.717) is 6.23 Å². The third-order valence-electron chi connectivity index (χ3n) is 2.64. The van der Waals surface area contributed by atoms with Crippen molar-refractivity contribution in [3.05, 3.63) is 24.3 Å². The molecule has 0 bridgehead atoms. The van der Waals surface area contributed by atoms with E-state index < -0.39 is 8.07 Å². The number of hydrogen-bond donors (Lipinski definition) is 0. The molecule has 0 aromatic heterocycles. The maximum absolute atomic E-state index is 10.9. The Morgan fingerprint density at radius 2 is 1.78 bits per heavy atom. The van der Waals surface area contributed by atoms with Gasteiger partial charge in [-0.2, -0.15) is 0 Å². The van der Waals surface area contributed by atoms with Crippen LogP contribution >= 0.6 is 0 Å². The number of esters is 1. The molecule has 1 aromatic rings. The van der Waals surface area contributed by atoms with Gasteiger partial charge in [-0.3, -0.25) is 4.79 Å². The minimum atomic E-state index is -1.70. The summed E-state index contributed by atoms with van der Waals surface area (Å²) in [5.41, 5.74) is 0. The Bertz CT molecular complexity index is 396. The fourth-order valence-corrected chi connectivity index (χ4v) is 3.42. The molecule has 0 aliphatic heterocycles. The zero-order valence-electron chi connectivity index (χ0n) is 11.8. The van der Waals surface area contributed by atoms with Crippen molar-refractivity contribution in [2.75, 3.05) is 6.23 Å². The number of benzene rings is 1. The molecule has 0 fully saturated rings. The van der Waals surface area contributed by atoms with E-state index in [0.717, 1.165) is 5.75 Å². The molecule has 0 saturated carbocycles. The van der Waals surface area contributed by atoms with E-state index in [2.05, 4.69) is 25.2 Å². The lowest BCUT2D eigenvalue weighted by molar-refractivity contribution is -0.139. The smallest absolute Gasteiger partial charge is 0.302 e. The fourth-order valence-electron chi connectivity index (χ4n) is 1.62. The number of rotatable bonds is 5. The Balaban J connectivity index is 2.73. The molecular weight excluding hydrogens is 244 g/mol. The quantitative estimate of drug-likeness (QED) is 0.607. The van der Waals surface area contributed by atoms with Gasteiger partial charge < -0.3 is 9.47 Å². The number of carbonyl (C=O) groups is 1. The van der Waals surface area contributed by atoms with E-state index in [1.54, 1.807) is 0 Å². The van der Waals surface area contributed by atoms with Gasteiger partial charge in [0.25, 0.3) is 0 Å². The van der Waals surface area contributed by atoms with Gasteiger partial charge >= 0.3 is 5.97 Å². The lowest BCUT2D eigenvalue weighted by atomic mass is 10.3. The molecule has 0 heterocycles. The molecule has 100 valence electrons. The van der Waals surface area contributed by atoms with E-state index in [9.17, 15) is 4.79 Å². The summed E-state index contributed by atoms with van der Waals surface area (Å²) < 4.78 is 10.8. The molecule has 0 atom stereocenters. The second kappa shape index (κ2) is 6.04. The maximum Gasteiger partial charge on any atom is 0.302 e. The lowest BCUT2D eigenvalue weighted by Gasteiger charge is -2.22. The van der Waals surface area contributed by atoms with Crippen LogP contribution in [0.4, 0.5) is 0 Å². The van der Waals surface area contributed by atoms with Crippen LogP contribution in [0.5, 0.6) is 5.75 Å². The van der Waals surface area contributed by atoms with E-state index in [4.69, 9.17) is 9.47 Å². The van der Waals surface area contributed by atoms with Crippen molar-refractivity contribution < 1.29 is 14.3 Å². The van der Waals surface area contributed by atoms with Gasteiger partial charge in [-0.15, -0.1) is 0 Å². The average molecular weight is 266 g/mol. The second-order valence-electron chi connectivity index (χ2n) is 5.36. The Hall–Kier alpha value is -1.29. The first-order valence-corrected chi connectivity index (χ1v) is 9.42. The predicted molar refractivity (Wildman–Crippen MR) is 76.0 cm³/mol. The molecule has 0 aliphatic carbocycles. The van der Waals surface area contributed by atoms with Crippen LogP contribution in [-0.2, 0) is 9.53 Å². The summed E-state index contributed by atoms with van der Waals surface area (Å²) in [5.74, 6) is 0.668. The first-order valence-electron chi connectivity index (χ1n) is 6.22. The first kappa shape index (κ1) is 14.8. The molecule has 0 N–H and O–H groups in total. The third kappa shape index (κ3) is 4.53. The highest BCUT2D eigenvalue weighted by Gasteiger charge is 2.25. The van der Waals surface area contributed by atoms with Crippen LogP contribution in [0.3, 0.4) is 0 Å². The van der Waals surface area contributed by atoms with Crippen LogP contribution < -0.4 is 9.92 Å². The molecule has 4 heteroatoms. The molecule has 0 spiro atoms. The predicted octanol–water partition coefficient (Wildman–Crippen LogP) is 2.49. The van der Waals surface area contributed by atoms with Gasteiger partial charge in [0, 0.05) is 6.92 Å². The normalized spacial score (nSPS) is 11.4. The molecule has 3 nitrogen and oxygen atoms in total. The minimum Gasteiger partial charge on any atom is -0.491 e. The first-order chi connectivity index (χ1) is 8.31. The summed E-state index contributed by atoms with van der Waals surface area (Å²) in [7, 11) is -1.70. The highest BCUT2D eigenvalue weighted by molar-refractivity contribution is 6.89. The van der Waals surface area contributed by atoms with E-state index in [-0.39, 0.29) is 12.1 Å². The average Bonchev–Trinajstić information content (AvgIpc) is 2.26. The van der Waals surface area contributed by atoms with Crippen LogP contribution in [0.1, 0.15) is 20.8 Å². The van der Waals surface area contributed by atoms with Gasteiger partial charge in [0.05, 0.1) is 12.3 Å². The standard InChI is InChI=1S/C14H22O3Si/c1-11(2)17-13-6-8-14(9-7-13)18(4,5)10-16-12(3)15/h6-9,11H,10H2,1-5H3. The van der Waals surface area contributed by atoms with Crippen LogP contribution in [0.25, 0.3) is 0 Å². The van der Waals surface area contributed by atoms with Gasteiger partial charge in [-0.05, 0) is 26.0 Å². The van der Waals surface area contributed by atoms with E-state index >= 15 is 0 Å². The molecule has 0 aliphatic rings. The van der Waals surface area contributed by atoms with E-state index in [1.807, 2.05) is 26.0 Å². The van der Waals surface area contributed by atoms with Crippen molar-refractivity contribution in [2.45, 2.75) is 40.0 Å². The largest absolute Gasteiger partial charge is 0.491 e. The van der Waals surface area contributed by atoms with Crippen LogP contribution in [0, 0.1) is 0 Å². The second-order valence-corrected chi connectivity index (χ2v) is 9.99. The summed E-state index contributed by atoms with van der Waals surface area (Å²) >= 11 is 0. The summed E-state index contributed by atoms with van der Waals surface area (Å²) in [4.78, 5) is 10.9. The highest BCUT2D eigenvalue weighted by Crippen LogP contribution is 2.13. The molecule has 0 amide bonds. The van der Waals surface area contributed by atoms with Gasteiger partial charge in [-0.1, -0.05) is 30.4 Å². The van der Waals surface area contributed by atoms with Crippen molar-refractivity contribution in [1.82, 2.24) is 0 Å². The highest BCUT2D eigenvalue weighted by atomic mass is 28.3. The summed E-state index contributed by atoms with van der Waals surface area (Å²) in [5, 5.41) is 1.26. The molecular formula is C14H22O3Si. The monoisotopic (exact) mass is 266 g/mol. The van der Waals surface area contributed by atoms with Crippen LogP contribution in [0.15, 0.2) is 24.3 Å². The maximum atomic E-state index is 10.9. The Labute approximate surface area is 110 Å². The van der Waals surface area contributed by atoms with Gasteiger partial charge in [0.1, 0.15) is 13.8 Å². The van der Waals surface area contributed by atoms with Gasteiger partial charge in [-0.25, -0.2) is 0 Å². The number of hydrogen-bond acceptors (Lipinski definition) is 3. The molecule has 0 radical (unpaired) electrons. The van der Waals surface area contributed by atoms with Crippen molar-refractivity contribution >= 4 is 19.2 Å². The van der Waals surface area contributed by atoms with Crippen molar-refractivity contribution in [3.8, 4) is 5.75 Å². The Morgan fingerprint density at radius 3 is 2.22 bits per heavy atom. The summed E-state index contributed by atoms with van der Waals surface area (Å²) in [6.45, 7) is 9.84. The van der Waals surface area contributed by atoms with E-state index in [1.165, 1.54) is 12.1 Å². The zero-order valence-corrected chi connectivity index (χ0v) is 12.8. The van der Waals surface area contributed by atoms with Crippen molar-refractivity contribution in [1.29, 1.82) is 0 Å². The number of carbonyl (C=O) groups excluding carboxylic acids is 1. The Morgan fingerprint density at radius 1 is 1.22 bits per heavy atom. The number of ether oxygens (including phenoxy) is 2. The fraction of sp³-hybridized carbons (Fsp3) is 0.500. The SMILES string of the molecule is CC(=O)OC[Si](C)(C)c1ccc(OC(C)C)cc1. The minimum absolute atomic E-state index is 0.183. The van der Waals surface area contributed by atoms with Crippen molar-refractivity contribution in [3.63, 3.8) is 0 Å². The van der Waals surface area contributed by atoms with Gasteiger partial charge in [0.15, 0.2) is 0 Å². The molecule has 18 heavy (non-hydrogen) atoms. The molecule has 1 rings (SSSR count). The Kier molecular flexibility index (Phi) is 4.96. The third-order valence-corrected chi connectivity index (χ3v) is 5.41. The lowest BCUT2D eigenvalue weighted by Crippen LogP contribution is -2.46. The topological polar surface area (TPSA) is 35.5 Å². The van der Waals surface area contributed by atoms with Crippen LogP contribution in [-0.4, -0.2) is 26.4 Å². The zero-order chi connectivity index (χ0) is 13.8. The molecule has 1 aromatic carbocycles. The molecule has 0 unspecified atom stereocenters. The van der Waals surface area contributed by atoms with Crippen LogP contribution in [0.2, 0.25) is 13.1 Å². The van der Waals surface area contributed by atoms with Gasteiger partial charge in [0.2, 0.25) is 0 Å².